The molecule has 170 valence electrons. The van der Waals surface area contributed by atoms with Gasteiger partial charge in [-0.3, -0.25) is 4.79 Å². The van der Waals surface area contributed by atoms with Gasteiger partial charge in [-0.1, -0.05) is 35.0 Å². The molecule has 0 atom stereocenters. The second kappa shape index (κ2) is 8.83. The van der Waals surface area contributed by atoms with E-state index in [9.17, 15) is 26.4 Å². The molecule has 2 aromatic carbocycles. The van der Waals surface area contributed by atoms with Crippen molar-refractivity contribution in [1.82, 2.24) is 5.16 Å². The molecule has 12 heteroatoms. The lowest BCUT2D eigenvalue weighted by molar-refractivity contribution is -0.0436. The molecule has 32 heavy (non-hydrogen) atoms. The summed E-state index contributed by atoms with van der Waals surface area (Å²) in [6, 6.07) is 9.30. The number of nitrogens with one attached hydrogen (secondary N) is 2. The lowest BCUT2D eigenvalue weighted by atomic mass is 10.1. The van der Waals surface area contributed by atoms with Crippen LogP contribution in [0.15, 0.2) is 51.9 Å². The Bertz CT molecular complexity index is 1270. The van der Waals surface area contributed by atoms with Gasteiger partial charge in [-0.15, -0.1) is 0 Å². The fraction of sp³-hybridized carbons (Fsp3) is 0.200. The average Bonchev–Trinajstić information content (AvgIpc) is 3.10. The molecule has 0 unspecified atom stereocenters. The van der Waals surface area contributed by atoms with E-state index in [0.29, 0.717) is 17.1 Å². The highest BCUT2D eigenvalue weighted by Gasteiger charge is 2.47. The predicted molar refractivity (Wildman–Crippen MR) is 113 cm³/mol. The molecule has 3 aromatic rings. The Morgan fingerprint density at radius 3 is 2.47 bits per heavy atom. The van der Waals surface area contributed by atoms with E-state index in [1.165, 1.54) is 6.92 Å². The van der Waals surface area contributed by atoms with Crippen molar-refractivity contribution in [1.29, 1.82) is 0 Å². The van der Waals surface area contributed by atoms with Crippen LogP contribution in [0, 0.1) is 6.92 Å². The summed E-state index contributed by atoms with van der Waals surface area (Å²) in [5.41, 5.74) is -4.87. The van der Waals surface area contributed by atoms with Crippen molar-refractivity contribution in [2.24, 2.45) is 0 Å². The van der Waals surface area contributed by atoms with E-state index in [4.69, 9.17) is 16.1 Å². The fourth-order valence-corrected chi connectivity index (χ4v) is 3.95. The van der Waals surface area contributed by atoms with Gasteiger partial charge in [0.1, 0.15) is 17.0 Å². The largest absolute Gasteiger partial charge is 0.501 e. The number of anilines is 2. The van der Waals surface area contributed by atoms with Crippen LogP contribution < -0.4 is 10.6 Å². The monoisotopic (exact) mass is 487 g/mol. The maximum atomic E-state index is 13.1. The molecule has 0 aliphatic carbocycles. The summed E-state index contributed by atoms with van der Waals surface area (Å²) in [7, 11) is -5.61. The second-order valence-electron chi connectivity index (χ2n) is 6.58. The number of rotatable bonds is 6. The number of nitrogens with zero attached hydrogens (tertiary/aromatic N) is 1. The summed E-state index contributed by atoms with van der Waals surface area (Å²) in [5.74, 6) is -0.624. The Morgan fingerprint density at radius 1 is 1.16 bits per heavy atom. The van der Waals surface area contributed by atoms with E-state index >= 15 is 0 Å². The van der Waals surface area contributed by atoms with Crippen molar-refractivity contribution < 1.29 is 30.9 Å². The van der Waals surface area contributed by atoms with Crippen LogP contribution in [-0.4, -0.2) is 31.5 Å². The number of benzene rings is 2. The molecule has 1 aromatic heterocycles. The Hall–Kier alpha value is -3.05. The molecule has 7 nitrogen and oxygen atoms in total. The van der Waals surface area contributed by atoms with Crippen molar-refractivity contribution in [3.05, 3.63) is 58.8 Å². The third-order valence-corrected chi connectivity index (χ3v) is 6.25. The zero-order valence-electron chi connectivity index (χ0n) is 16.7. The molecule has 0 saturated heterocycles. The normalized spacial score (nSPS) is 11.9. The summed E-state index contributed by atoms with van der Waals surface area (Å²) in [4.78, 5) is 12.1. The first-order valence-corrected chi connectivity index (χ1v) is 11.0. The van der Waals surface area contributed by atoms with Crippen LogP contribution >= 0.6 is 11.6 Å². The molecule has 0 fully saturated rings. The van der Waals surface area contributed by atoms with E-state index in [0.717, 1.165) is 18.2 Å². The molecular weight excluding hydrogens is 471 g/mol. The molecule has 1 heterocycles. The molecule has 1 amide bonds. The minimum atomic E-state index is -5.61. The number of carbonyl (C=O) groups is 1. The molecule has 0 bridgehead atoms. The number of hydrogen-bond acceptors (Lipinski definition) is 6. The molecule has 0 saturated carbocycles. The lowest BCUT2D eigenvalue weighted by Gasteiger charge is -2.15. The standard InChI is InChI=1S/C20H17ClF3N3O4S/c1-3-25-15-9-8-12(32(29,30)20(22,23)24)10-16(15)26-19(28)17-11(2)31-27-18(17)13-6-4-5-7-14(13)21/h4-10,25H,3H2,1-2H3,(H,26,28). The Balaban J connectivity index is 2.06. The summed E-state index contributed by atoms with van der Waals surface area (Å²) < 4.78 is 67.8. The highest BCUT2D eigenvalue weighted by atomic mass is 35.5. The van der Waals surface area contributed by atoms with Crippen molar-refractivity contribution in [2.45, 2.75) is 24.3 Å². The van der Waals surface area contributed by atoms with E-state index in [1.54, 1.807) is 31.2 Å². The van der Waals surface area contributed by atoms with Crippen molar-refractivity contribution in [3.63, 3.8) is 0 Å². The van der Waals surface area contributed by atoms with Crippen LogP contribution in [0.1, 0.15) is 23.0 Å². The number of hydrogen-bond donors (Lipinski definition) is 2. The molecule has 0 spiro atoms. The molecule has 0 aliphatic rings. The molecule has 0 aliphatic heterocycles. The maximum Gasteiger partial charge on any atom is 0.501 e. The number of aromatic nitrogens is 1. The van der Waals surface area contributed by atoms with E-state index in [1.807, 2.05) is 0 Å². The number of aryl methyl sites for hydroxylation is 1. The van der Waals surface area contributed by atoms with E-state index < -0.39 is 26.1 Å². The SMILES string of the molecule is CCNc1ccc(S(=O)(=O)C(F)(F)F)cc1NC(=O)c1c(-c2ccccc2Cl)noc1C. The quantitative estimate of drug-likeness (QED) is 0.490. The van der Waals surface area contributed by atoms with Crippen molar-refractivity contribution >= 4 is 38.7 Å². The molecule has 3 rings (SSSR count). The third-order valence-electron chi connectivity index (χ3n) is 4.44. The van der Waals surface area contributed by atoms with Gasteiger partial charge in [-0.2, -0.15) is 13.2 Å². The van der Waals surface area contributed by atoms with Crippen LogP contribution in [0.3, 0.4) is 0 Å². The molecule has 2 N–H and O–H groups in total. The number of alkyl halides is 3. The highest BCUT2D eigenvalue weighted by molar-refractivity contribution is 7.92. The minimum Gasteiger partial charge on any atom is -0.384 e. The highest BCUT2D eigenvalue weighted by Crippen LogP contribution is 2.35. The first kappa shape index (κ1) is 23.6. The number of halogens is 4. The van der Waals surface area contributed by atoms with Gasteiger partial charge in [-0.25, -0.2) is 8.42 Å². The summed E-state index contributed by atoms with van der Waals surface area (Å²) >= 11 is 6.19. The fourth-order valence-electron chi connectivity index (χ4n) is 2.93. The first-order chi connectivity index (χ1) is 15.0. The summed E-state index contributed by atoms with van der Waals surface area (Å²) in [5, 5.41) is 9.50. The number of carbonyl (C=O) groups excluding carboxylic acids is 1. The van der Waals surface area contributed by atoms with Gasteiger partial charge >= 0.3 is 5.51 Å². The lowest BCUT2D eigenvalue weighted by Crippen LogP contribution is -2.23. The first-order valence-electron chi connectivity index (χ1n) is 9.19. The van der Waals surface area contributed by atoms with Gasteiger partial charge in [0.25, 0.3) is 15.7 Å². The van der Waals surface area contributed by atoms with Crippen LogP contribution in [0.25, 0.3) is 11.3 Å². The number of amides is 1. The van der Waals surface area contributed by atoms with Gasteiger partial charge in [-0.05, 0) is 38.1 Å². The predicted octanol–water partition coefficient (Wildman–Crippen LogP) is 5.28. The number of sulfone groups is 1. The summed E-state index contributed by atoms with van der Waals surface area (Å²) in [6.07, 6.45) is 0. The average molecular weight is 488 g/mol. The van der Waals surface area contributed by atoms with Gasteiger partial charge in [0.2, 0.25) is 0 Å². The Kier molecular flexibility index (Phi) is 6.51. The van der Waals surface area contributed by atoms with Gasteiger partial charge in [0.05, 0.1) is 21.3 Å². The minimum absolute atomic E-state index is 0.00429. The topological polar surface area (TPSA) is 101 Å². The third kappa shape index (κ3) is 4.44. The summed E-state index contributed by atoms with van der Waals surface area (Å²) in [6.45, 7) is 3.58. The Morgan fingerprint density at radius 2 is 1.84 bits per heavy atom. The van der Waals surface area contributed by atoms with E-state index in [2.05, 4.69) is 15.8 Å². The van der Waals surface area contributed by atoms with Crippen LogP contribution in [0.2, 0.25) is 5.02 Å². The zero-order chi connectivity index (χ0) is 23.7. The van der Waals surface area contributed by atoms with Crippen LogP contribution in [0.4, 0.5) is 24.5 Å². The maximum absolute atomic E-state index is 13.1. The zero-order valence-corrected chi connectivity index (χ0v) is 18.3. The van der Waals surface area contributed by atoms with Gasteiger partial charge in [0, 0.05) is 12.1 Å². The van der Waals surface area contributed by atoms with Crippen LogP contribution in [0.5, 0.6) is 0 Å². The molecular formula is C20H17ClF3N3O4S. The van der Waals surface area contributed by atoms with Gasteiger partial charge in [0.15, 0.2) is 0 Å². The molecule has 0 radical (unpaired) electrons. The van der Waals surface area contributed by atoms with Crippen LogP contribution in [-0.2, 0) is 9.84 Å². The van der Waals surface area contributed by atoms with Crippen molar-refractivity contribution in [3.8, 4) is 11.3 Å². The van der Waals surface area contributed by atoms with Crippen molar-refractivity contribution in [2.75, 3.05) is 17.2 Å². The smallest absolute Gasteiger partial charge is 0.384 e. The Labute approximate surface area is 186 Å². The van der Waals surface area contributed by atoms with E-state index in [-0.39, 0.29) is 28.4 Å². The second-order valence-corrected chi connectivity index (χ2v) is 8.93. The van der Waals surface area contributed by atoms with Gasteiger partial charge < -0.3 is 15.2 Å².